The summed E-state index contributed by atoms with van der Waals surface area (Å²) in [6.07, 6.45) is 0. The number of nitrogens with zero attached hydrogens (tertiary/aromatic N) is 2. The first-order chi connectivity index (χ1) is 17.9. The van der Waals surface area contributed by atoms with Crippen molar-refractivity contribution in [3.05, 3.63) is 92.9 Å². The van der Waals surface area contributed by atoms with Crippen LogP contribution in [0.4, 0.5) is 5.69 Å². The molecular weight excluding hydrogens is 613 g/mol. The SMILES string of the molecule is CC(C)NC(=O)[C@H](C)N(Cc1ccc(Cl)c(Cl)c1)C(=O)CN(c1ccc(Br)cc1)S(=O)(=O)c1ccccc1. The Bertz CT molecular complexity index is 1390. The van der Waals surface area contributed by atoms with Crippen molar-refractivity contribution in [2.75, 3.05) is 10.8 Å². The number of halogens is 3. The second-order valence-corrected chi connectivity index (χ2v) is 12.5. The van der Waals surface area contributed by atoms with E-state index in [1.807, 2.05) is 13.8 Å². The van der Waals surface area contributed by atoms with Gasteiger partial charge in [0.25, 0.3) is 10.0 Å². The molecule has 0 aromatic heterocycles. The minimum absolute atomic E-state index is 0.0158. The van der Waals surface area contributed by atoms with Gasteiger partial charge in [-0.2, -0.15) is 0 Å². The van der Waals surface area contributed by atoms with Gasteiger partial charge < -0.3 is 10.2 Å². The van der Waals surface area contributed by atoms with Crippen molar-refractivity contribution >= 4 is 66.7 Å². The first kappa shape index (κ1) is 30.0. The zero-order valence-electron chi connectivity index (χ0n) is 21.1. The molecule has 0 radical (unpaired) electrons. The molecule has 3 aromatic rings. The van der Waals surface area contributed by atoms with E-state index < -0.39 is 28.5 Å². The molecule has 3 aromatic carbocycles. The minimum atomic E-state index is -4.11. The van der Waals surface area contributed by atoms with Crippen molar-refractivity contribution in [2.24, 2.45) is 0 Å². The van der Waals surface area contributed by atoms with E-state index in [0.717, 1.165) is 8.78 Å². The van der Waals surface area contributed by atoms with E-state index in [-0.39, 0.29) is 23.4 Å². The van der Waals surface area contributed by atoms with E-state index in [1.54, 1.807) is 67.6 Å². The second kappa shape index (κ2) is 13.0. The van der Waals surface area contributed by atoms with E-state index in [9.17, 15) is 18.0 Å². The number of amides is 2. The van der Waals surface area contributed by atoms with Gasteiger partial charge in [0.15, 0.2) is 0 Å². The van der Waals surface area contributed by atoms with Crippen LogP contribution in [0.15, 0.2) is 82.2 Å². The maximum atomic E-state index is 13.8. The van der Waals surface area contributed by atoms with Gasteiger partial charge in [-0.1, -0.05) is 63.4 Å². The van der Waals surface area contributed by atoms with Crippen LogP contribution >= 0.6 is 39.1 Å². The average molecular weight is 641 g/mol. The summed E-state index contributed by atoms with van der Waals surface area (Å²) in [5, 5.41) is 3.47. The fourth-order valence-electron chi connectivity index (χ4n) is 3.68. The lowest BCUT2D eigenvalue weighted by Crippen LogP contribution is -2.52. The van der Waals surface area contributed by atoms with Crippen LogP contribution in [-0.4, -0.2) is 43.8 Å². The molecule has 1 N–H and O–H groups in total. The lowest BCUT2D eigenvalue weighted by molar-refractivity contribution is -0.139. The van der Waals surface area contributed by atoms with E-state index in [2.05, 4.69) is 21.2 Å². The van der Waals surface area contributed by atoms with Crippen LogP contribution in [0.5, 0.6) is 0 Å². The molecule has 3 rings (SSSR count). The Hall–Kier alpha value is -2.59. The van der Waals surface area contributed by atoms with Gasteiger partial charge in [-0.3, -0.25) is 13.9 Å². The van der Waals surface area contributed by atoms with Crippen LogP contribution in [0.25, 0.3) is 0 Å². The number of anilines is 1. The summed E-state index contributed by atoms with van der Waals surface area (Å²) < 4.78 is 29.2. The highest BCUT2D eigenvalue weighted by molar-refractivity contribution is 9.10. The highest BCUT2D eigenvalue weighted by Gasteiger charge is 2.32. The predicted octanol–water partition coefficient (Wildman–Crippen LogP) is 5.89. The number of benzene rings is 3. The number of carbonyl (C=O) groups is 2. The summed E-state index contributed by atoms with van der Waals surface area (Å²) in [7, 11) is -4.11. The Morgan fingerprint density at radius 1 is 0.921 bits per heavy atom. The summed E-state index contributed by atoms with van der Waals surface area (Å²) in [4.78, 5) is 28.1. The Morgan fingerprint density at radius 3 is 2.13 bits per heavy atom. The standard InChI is InChI=1S/C27H28BrCl2N3O4S/c1-18(2)31-27(35)19(3)32(16-20-9-14-24(29)25(30)15-20)26(34)17-33(22-12-10-21(28)11-13-22)38(36,37)23-7-5-4-6-8-23/h4-15,18-19H,16-17H2,1-3H3,(H,31,35)/t19-/m0/s1. The quantitative estimate of drug-likeness (QED) is 0.299. The van der Waals surface area contributed by atoms with Crippen molar-refractivity contribution < 1.29 is 18.0 Å². The largest absolute Gasteiger partial charge is 0.352 e. The van der Waals surface area contributed by atoms with E-state index >= 15 is 0 Å². The molecule has 0 saturated heterocycles. The average Bonchev–Trinajstić information content (AvgIpc) is 2.88. The van der Waals surface area contributed by atoms with Crippen molar-refractivity contribution in [2.45, 2.75) is 44.3 Å². The number of hydrogen-bond donors (Lipinski definition) is 1. The maximum Gasteiger partial charge on any atom is 0.264 e. The highest BCUT2D eigenvalue weighted by Crippen LogP contribution is 2.27. The molecule has 1 atom stereocenters. The zero-order valence-corrected chi connectivity index (χ0v) is 25.0. The molecular formula is C27H28BrCl2N3O4S. The van der Waals surface area contributed by atoms with E-state index in [0.29, 0.717) is 21.3 Å². The molecule has 0 aliphatic carbocycles. The van der Waals surface area contributed by atoms with Gasteiger partial charge in [0, 0.05) is 17.1 Å². The minimum Gasteiger partial charge on any atom is -0.352 e. The first-order valence-corrected chi connectivity index (χ1v) is 14.8. The number of nitrogens with one attached hydrogen (secondary N) is 1. The van der Waals surface area contributed by atoms with E-state index in [4.69, 9.17) is 23.2 Å². The molecule has 0 unspecified atom stereocenters. The van der Waals surface area contributed by atoms with Gasteiger partial charge in [-0.15, -0.1) is 0 Å². The molecule has 0 saturated carbocycles. The van der Waals surface area contributed by atoms with Crippen molar-refractivity contribution in [1.82, 2.24) is 10.2 Å². The number of rotatable bonds is 10. The number of sulfonamides is 1. The summed E-state index contributed by atoms with van der Waals surface area (Å²) in [5.74, 6) is -0.931. The van der Waals surface area contributed by atoms with Gasteiger partial charge in [-0.05, 0) is 74.9 Å². The van der Waals surface area contributed by atoms with Crippen LogP contribution in [0, 0.1) is 0 Å². The molecule has 202 valence electrons. The summed E-state index contributed by atoms with van der Waals surface area (Å²) in [5.41, 5.74) is 0.942. The number of hydrogen-bond acceptors (Lipinski definition) is 4. The van der Waals surface area contributed by atoms with Gasteiger partial charge in [-0.25, -0.2) is 8.42 Å². The van der Waals surface area contributed by atoms with Crippen molar-refractivity contribution in [3.63, 3.8) is 0 Å². The molecule has 0 heterocycles. The molecule has 0 bridgehead atoms. The second-order valence-electron chi connectivity index (χ2n) is 8.91. The highest BCUT2D eigenvalue weighted by atomic mass is 79.9. The van der Waals surface area contributed by atoms with Crippen LogP contribution < -0.4 is 9.62 Å². The van der Waals surface area contributed by atoms with E-state index in [1.165, 1.54) is 17.0 Å². The predicted molar refractivity (Wildman–Crippen MR) is 155 cm³/mol. The third kappa shape index (κ3) is 7.50. The van der Waals surface area contributed by atoms with Crippen LogP contribution in [0.3, 0.4) is 0 Å². The zero-order chi connectivity index (χ0) is 28.0. The molecule has 0 fully saturated rings. The van der Waals surface area contributed by atoms with Crippen LogP contribution in [0.2, 0.25) is 10.0 Å². The lowest BCUT2D eigenvalue weighted by atomic mass is 10.1. The molecule has 11 heteroatoms. The fraction of sp³-hybridized carbons (Fsp3) is 0.259. The Balaban J connectivity index is 2.02. The Labute approximate surface area is 241 Å². The monoisotopic (exact) mass is 639 g/mol. The molecule has 0 aliphatic heterocycles. The smallest absolute Gasteiger partial charge is 0.264 e. The van der Waals surface area contributed by atoms with Crippen molar-refractivity contribution in [3.8, 4) is 0 Å². The maximum absolute atomic E-state index is 13.8. The molecule has 7 nitrogen and oxygen atoms in total. The lowest BCUT2D eigenvalue weighted by Gasteiger charge is -2.32. The Kier molecular flexibility index (Phi) is 10.2. The van der Waals surface area contributed by atoms with Gasteiger partial charge >= 0.3 is 0 Å². The summed E-state index contributed by atoms with van der Waals surface area (Å²) >= 11 is 15.6. The third-order valence-corrected chi connectivity index (χ3v) is 8.72. The fourth-order valence-corrected chi connectivity index (χ4v) is 5.70. The topological polar surface area (TPSA) is 86.8 Å². The normalized spacial score (nSPS) is 12.2. The molecule has 38 heavy (non-hydrogen) atoms. The van der Waals surface area contributed by atoms with Crippen LogP contribution in [0.1, 0.15) is 26.3 Å². The summed E-state index contributed by atoms with van der Waals surface area (Å²) in [6.45, 7) is 4.72. The third-order valence-electron chi connectivity index (χ3n) is 5.66. The Morgan fingerprint density at radius 2 is 1.55 bits per heavy atom. The van der Waals surface area contributed by atoms with Crippen LogP contribution in [-0.2, 0) is 26.2 Å². The van der Waals surface area contributed by atoms with Gasteiger partial charge in [0.05, 0.1) is 20.6 Å². The molecule has 0 spiro atoms. The van der Waals surface area contributed by atoms with Gasteiger partial charge in [0.2, 0.25) is 11.8 Å². The first-order valence-electron chi connectivity index (χ1n) is 11.8. The molecule has 2 amide bonds. The van der Waals surface area contributed by atoms with Crippen molar-refractivity contribution in [1.29, 1.82) is 0 Å². The number of carbonyl (C=O) groups excluding carboxylic acids is 2. The summed E-state index contributed by atoms with van der Waals surface area (Å²) in [6, 6.07) is 18.4. The molecule has 0 aliphatic rings. The van der Waals surface area contributed by atoms with Gasteiger partial charge in [0.1, 0.15) is 12.6 Å².